The molecule has 9 aromatic rings. The monoisotopic (exact) mass is 550 g/mol. The predicted molar refractivity (Wildman–Crippen MR) is 174 cm³/mol. The van der Waals surface area contributed by atoms with Crippen LogP contribution in [0.5, 0.6) is 0 Å². The summed E-state index contributed by atoms with van der Waals surface area (Å²) in [5.41, 5.74) is 7.48. The van der Waals surface area contributed by atoms with Gasteiger partial charge in [-0.05, 0) is 52.2 Å². The van der Waals surface area contributed by atoms with E-state index in [0.717, 1.165) is 76.8 Å². The molecule has 0 atom stereocenters. The summed E-state index contributed by atoms with van der Waals surface area (Å²) in [7, 11) is 0. The zero-order valence-corrected chi connectivity index (χ0v) is 22.9. The van der Waals surface area contributed by atoms with Gasteiger partial charge in [0.2, 0.25) is 0 Å². The Kier molecular flexibility index (Phi) is 5.13. The number of aromatic nitrogens is 4. The summed E-state index contributed by atoms with van der Waals surface area (Å²) in [6.07, 6.45) is 3.86. The van der Waals surface area contributed by atoms with Crippen LogP contribution in [0.3, 0.4) is 0 Å². The second-order valence-electron chi connectivity index (χ2n) is 10.7. The Balaban J connectivity index is 1.27. The van der Waals surface area contributed by atoms with Crippen LogP contribution in [-0.4, -0.2) is 19.9 Å². The number of nitrogens with zero attached hydrogens (tertiary/aromatic N) is 4. The van der Waals surface area contributed by atoms with E-state index in [0.29, 0.717) is 11.6 Å². The maximum Gasteiger partial charge on any atom is 0.159 e. The van der Waals surface area contributed by atoms with Crippen molar-refractivity contribution < 1.29 is 4.42 Å². The third-order valence-electron chi connectivity index (χ3n) is 8.17. The predicted octanol–water partition coefficient (Wildman–Crippen LogP) is 9.63. The third-order valence-corrected chi connectivity index (χ3v) is 8.17. The average Bonchev–Trinajstić information content (AvgIpc) is 3.46. The molecule has 3 heterocycles. The first-order valence-corrected chi connectivity index (χ1v) is 14.2. The molecule has 0 radical (unpaired) electrons. The Hall–Kier alpha value is -5.94. The fourth-order valence-corrected chi connectivity index (χ4v) is 6.08. The first kappa shape index (κ1) is 23.7. The van der Waals surface area contributed by atoms with E-state index in [1.54, 1.807) is 0 Å². The van der Waals surface area contributed by atoms with E-state index < -0.39 is 0 Å². The van der Waals surface area contributed by atoms with Gasteiger partial charge in [0, 0.05) is 45.1 Å². The number of hydrogen-bond acceptors (Lipinski definition) is 5. The lowest BCUT2D eigenvalue weighted by Gasteiger charge is -2.11. The fraction of sp³-hybridized carbons (Fsp3) is 0. The van der Waals surface area contributed by atoms with Crippen LogP contribution >= 0.6 is 0 Å². The lowest BCUT2D eigenvalue weighted by molar-refractivity contribution is 0.669. The third kappa shape index (κ3) is 3.79. The highest BCUT2D eigenvalue weighted by Gasteiger charge is 2.16. The summed E-state index contributed by atoms with van der Waals surface area (Å²) in [5.74, 6) is 1.30. The number of benzene rings is 6. The van der Waals surface area contributed by atoms with Gasteiger partial charge in [-0.3, -0.25) is 0 Å². The molecule has 0 spiro atoms. The van der Waals surface area contributed by atoms with E-state index in [4.69, 9.17) is 24.4 Å². The zero-order valence-electron chi connectivity index (χ0n) is 22.9. The summed E-state index contributed by atoms with van der Waals surface area (Å²) in [5, 5.41) is 6.21. The SMILES string of the molecule is c1ccc(-c2cccc(-c3ncc4c5ccccc5c5cnc(-c6ccc7oc8ccccc8c7c6)nc5c4n3)c2)cc1. The molecule has 43 heavy (non-hydrogen) atoms. The van der Waals surface area contributed by atoms with Crippen LogP contribution in [0.25, 0.3) is 88.4 Å². The molecule has 5 nitrogen and oxygen atoms in total. The Morgan fingerprint density at radius 1 is 0.372 bits per heavy atom. The molecule has 0 aliphatic heterocycles. The molecule has 0 bridgehead atoms. The standard InChI is InChI=1S/C38H22N4O/c1-2-9-23(10-3-1)24-11-8-12-25(19-24)37-39-21-31-27-13-4-5-14-28(27)32-22-40-38(42-36(32)35(31)41-37)26-17-18-34-30(20-26)29-15-6-7-16-33(29)43-34/h1-22H. The highest BCUT2D eigenvalue weighted by Crippen LogP contribution is 2.36. The van der Waals surface area contributed by atoms with Gasteiger partial charge in [0.25, 0.3) is 0 Å². The number of para-hydroxylation sites is 1. The maximum atomic E-state index is 6.05. The molecule has 0 unspecified atom stereocenters. The second-order valence-corrected chi connectivity index (χ2v) is 10.7. The average molecular weight is 551 g/mol. The topological polar surface area (TPSA) is 64.7 Å². The van der Waals surface area contributed by atoms with Crippen molar-refractivity contribution in [1.29, 1.82) is 0 Å². The summed E-state index contributed by atoms with van der Waals surface area (Å²) in [4.78, 5) is 20.0. The maximum absolute atomic E-state index is 6.05. The quantitative estimate of drug-likeness (QED) is 0.205. The lowest BCUT2D eigenvalue weighted by Crippen LogP contribution is -1.96. The molecular formula is C38H22N4O. The molecule has 200 valence electrons. The molecule has 6 aromatic carbocycles. The molecular weight excluding hydrogens is 528 g/mol. The van der Waals surface area contributed by atoms with Crippen molar-refractivity contribution in [2.24, 2.45) is 0 Å². The van der Waals surface area contributed by atoms with Gasteiger partial charge < -0.3 is 4.42 Å². The van der Waals surface area contributed by atoms with Crippen molar-refractivity contribution in [2.75, 3.05) is 0 Å². The number of hydrogen-bond donors (Lipinski definition) is 0. The molecule has 5 heteroatoms. The molecule has 0 aliphatic rings. The smallest absolute Gasteiger partial charge is 0.159 e. The molecule has 3 aromatic heterocycles. The minimum absolute atomic E-state index is 0.641. The lowest BCUT2D eigenvalue weighted by atomic mass is 10.0. The summed E-state index contributed by atoms with van der Waals surface area (Å²) >= 11 is 0. The van der Waals surface area contributed by atoms with E-state index in [2.05, 4.69) is 72.8 Å². The van der Waals surface area contributed by atoms with Gasteiger partial charge in [0.15, 0.2) is 11.6 Å². The van der Waals surface area contributed by atoms with Gasteiger partial charge in [-0.2, -0.15) is 0 Å². The van der Waals surface area contributed by atoms with E-state index >= 15 is 0 Å². The molecule has 0 saturated carbocycles. The van der Waals surface area contributed by atoms with Crippen LogP contribution in [0.2, 0.25) is 0 Å². The Bertz CT molecular complexity index is 2520. The summed E-state index contributed by atoms with van der Waals surface area (Å²) < 4.78 is 6.05. The highest BCUT2D eigenvalue weighted by molar-refractivity contribution is 6.23. The van der Waals surface area contributed by atoms with Crippen LogP contribution in [-0.2, 0) is 0 Å². The number of fused-ring (bicyclic) bond motifs is 9. The van der Waals surface area contributed by atoms with Crippen LogP contribution in [0, 0.1) is 0 Å². The molecule has 9 rings (SSSR count). The molecule has 0 amide bonds. The minimum atomic E-state index is 0.641. The van der Waals surface area contributed by atoms with Crippen LogP contribution in [0.15, 0.2) is 138 Å². The van der Waals surface area contributed by atoms with Gasteiger partial charge in [-0.1, -0.05) is 91.0 Å². The van der Waals surface area contributed by atoms with E-state index in [9.17, 15) is 0 Å². The van der Waals surface area contributed by atoms with Crippen LogP contribution < -0.4 is 0 Å². The zero-order chi connectivity index (χ0) is 28.3. The summed E-state index contributed by atoms with van der Waals surface area (Å²) in [6.45, 7) is 0. The minimum Gasteiger partial charge on any atom is -0.456 e. The highest BCUT2D eigenvalue weighted by atomic mass is 16.3. The van der Waals surface area contributed by atoms with Gasteiger partial charge in [0.05, 0.1) is 0 Å². The van der Waals surface area contributed by atoms with E-state index in [1.165, 1.54) is 0 Å². The van der Waals surface area contributed by atoms with Crippen molar-refractivity contribution in [2.45, 2.75) is 0 Å². The van der Waals surface area contributed by atoms with Gasteiger partial charge in [0.1, 0.15) is 22.2 Å². The second kappa shape index (κ2) is 9.29. The first-order chi connectivity index (χ1) is 21.3. The van der Waals surface area contributed by atoms with Crippen molar-refractivity contribution in [3.63, 3.8) is 0 Å². The fourth-order valence-electron chi connectivity index (χ4n) is 6.08. The summed E-state index contributed by atoms with van der Waals surface area (Å²) in [6, 6.07) is 41.3. The van der Waals surface area contributed by atoms with Gasteiger partial charge in [-0.25, -0.2) is 19.9 Å². The Morgan fingerprint density at radius 2 is 0.930 bits per heavy atom. The Labute approximate surface area is 246 Å². The van der Waals surface area contributed by atoms with Crippen molar-refractivity contribution in [3.8, 4) is 33.9 Å². The normalized spacial score (nSPS) is 11.7. The molecule has 0 fully saturated rings. The van der Waals surface area contributed by atoms with Crippen molar-refractivity contribution in [1.82, 2.24) is 19.9 Å². The first-order valence-electron chi connectivity index (χ1n) is 14.2. The largest absolute Gasteiger partial charge is 0.456 e. The molecule has 0 saturated heterocycles. The molecule has 0 N–H and O–H groups in total. The van der Waals surface area contributed by atoms with Crippen LogP contribution in [0.4, 0.5) is 0 Å². The van der Waals surface area contributed by atoms with E-state index in [-0.39, 0.29) is 0 Å². The number of rotatable bonds is 3. The molecule has 0 aliphatic carbocycles. The van der Waals surface area contributed by atoms with Crippen LogP contribution in [0.1, 0.15) is 0 Å². The van der Waals surface area contributed by atoms with Gasteiger partial charge in [-0.15, -0.1) is 0 Å². The van der Waals surface area contributed by atoms with Crippen molar-refractivity contribution >= 4 is 54.5 Å². The number of furan rings is 1. The van der Waals surface area contributed by atoms with Crippen molar-refractivity contribution in [3.05, 3.63) is 134 Å². The van der Waals surface area contributed by atoms with E-state index in [1.807, 2.05) is 60.9 Å². The Morgan fingerprint density at radius 3 is 1.65 bits per heavy atom. The van der Waals surface area contributed by atoms with Gasteiger partial charge >= 0.3 is 0 Å².